The summed E-state index contributed by atoms with van der Waals surface area (Å²) in [5.74, 6) is -0.813. The van der Waals surface area contributed by atoms with E-state index < -0.39 is 5.92 Å². The van der Waals surface area contributed by atoms with Gasteiger partial charge in [0.15, 0.2) is 0 Å². The number of hydrogen-bond donors (Lipinski definition) is 2. The summed E-state index contributed by atoms with van der Waals surface area (Å²) in [7, 11) is 0. The highest BCUT2D eigenvalue weighted by Gasteiger charge is 2.21. The molecule has 1 unspecified atom stereocenters. The van der Waals surface area contributed by atoms with E-state index >= 15 is 0 Å². The SMILES string of the molecule is CCC(C(=O)Nc1c(Cl)ccc(C)c1Cl)C(N)=S. The molecule has 1 amide bonds. The quantitative estimate of drug-likeness (QED) is 0.836. The van der Waals surface area contributed by atoms with Crippen LogP contribution in [0.2, 0.25) is 10.0 Å². The predicted molar refractivity (Wildman–Crippen MR) is 80.4 cm³/mol. The zero-order valence-electron chi connectivity index (χ0n) is 10.1. The van der Waals surface area contributed by atoms with Gasteiger partial charge in [0.2, 0.25) is 5.91 Å². The van der Waals surface area contributed by atoms with Crippen molar-refractivity contribution in [3.05, 3.63) is 27.7 Å². The smallest absolute Gasteiger partial charge is 0.234 e. The summed E-state index contributed by atoms with van der Waals surface area (Å²) in [6, 6.07) is 3.46. The van der Waals surface area contributed by atoms with E-state index in [0.717, 1.165) is 5.56 Å². The normalized spacial score (nSPS) is 12.0. The van der Waals surface area contributed by atoms with Crippen LogP contribution >= 0.6 is 35.4 Å². The van der Waals surface area contributed by atoms with E-state index in [9.17, 15) is 4.79 Å². The molecule has 18 heavy (non-hydrogen) atoms. The van der Waals surface area contributed by atoms with Crippen LogP contribution < -0.4 is 11.1 Å². The zero-order chi connectivity index (χ0) is 13.9. The van der Waals surface area contributed by atoms with Crippen molar-refractivity contribution in [1.82, 2.24) is 0 Å². The van der Waals surface area contributed by atoms with Crippen molar-refractivity contribution in [3.63, 3.8) is 0 Å². The first-order chi connectivity index (χ1) is 8.38. The van der Waals surface area contributed by atoms with Crippen LogP contribution in [0.25, 0.3) is 0 Å². The van der Waals surface area contributed by atoms with Crippen molar-refractivity contribution < 1.29 is 4.79 Å². The fourth-order valence-corrected chi connectivity index (χ4v) is 2.24. The van der Waals surface area contributed by atoms with Crippen molar-refractivity contribution in [2.75, 3.05) is 5.32 Å². The summed E-state index contributed by atoms with van der Waals surface area (Å²) in [4.78, 5) is 12.2. The summed E-state index contributed by atoms with van der Waals surface area (Å²) in [6.45, 7) is 3.67. The second-order valence-electron chi connectivity index (χ2n) is 3.91. The van der Waals surface area contributed by atoms with E-state index in [2.05, 4.69) is 5.32 Å². The molecule has 0 aliphatic carbocycles. The first-order valence-corrected chi connectivity index (χ1v) is 6.59. The van der Waals surface area contributed by atoms with Crippen LogP contribution in [-0.4, -0.2) is 10.9 Å². The average Bonchev–Trinajstić information content (AvgIpc) is 2.30. The summed E-state index contributed by atoms with van der Waals surface area (Å²) in [6.07, 6.45) is 0.530. The predicted octanol–water partition coefficient (Wildman–Crippen LogP) is 3.55. The fourth-order valence-electron chi connectivity index (χ4n) is 1.50. The second-order valence-corrected chi connectivity index (χ2v) is 5.16. The molecule has 0 heterocycles. The van der Waals surface area contributed by atoms with Crippen molar-refractivity contribution in [1.29, 1.82) is 0 Å². The Morgan fingerprint density at radius 1 is 1.50 bits per heavy atom. The summed E-state index contributed by atoms with van der Waals surface area (Å²) in [5, 5.41) is 3.49. The monoisotopic (exact) mass is 304 g/mol. The first kappa shape index (κ1) is 15.2. The first-order valence-electron chi connectivity index (χ1n) is 5.43. The van der Waals surface area contributed by atoms with Gasteiger partial charge in [-0.1, -0.05) is 48.4 Å². The Morgan fingerprint density at radius 2 is 2.11 bits per heavy atom. The maximum atomic E-state index is 12.0. The third-order valence-electron chi connectivity index (χ3n) is 2.60. The highest BCUT2D eigenvalue weighted by atomic mass is 35.5. The molecule has 0 fully saturated rings. The van der Waals surface area contributed by atoms with Crippen LogP contribution in [-0.2, 0) is 4.79 Å². The van der Waals surface area contributed by atoms with Gasteiger partial charge in [0.1, 0.15) is 0 Å². The Hall–Kier alpha value is -0.840. The maximum Gasteiger partial charge on any atom is 0.234 e. The number of hydrogen-bond acceptors (Lipinski definition) is 2. The maximum absolute atomic E-state index is 12.0. The van der Waals surface area contributed by atoms with Gasteiger partial charge in [0, 0.05) is 0 Å². The number of carbonyl (C=O) groups is 1. The summed E-state index contributed by atoms with van der Waals surface area (Å²) >= 11 is 17.0. The molecule has 1 aromatic rings. The fraction of sp³-hybridized carbons (Fsp3) is 0.333. The Balaban J connectivity index is 3.01. The van der Waals surface area contributed by atoms with E-state index in [1.165, 1.54) is 0 Å². The van der Waals surface area contributed by atoms with Gasteiger partial charge in [-0.15, -0.1) is 0 Å². The number of amides is 1. The van der Waals surface area contributed by atoms with Gasteiger partial charge < -0.3 is 11.1 Å². The molecule has 3 nitrogen and oxygen atoms in total. The Bertz CT molecular complexity index is 491. The highest BCUT2D eigenvalue weighted by Crippen LogP contribution is 2.33. The van der Waals surface area contributed by atoms with Crippen molar-refractivity contribution >= 4 is 52.0 Å². The lowest BCUT2D eigenvalue weighted by Gasteiger charge is -2.16. The number of rotatable bonds is 4. The minimum atomic E-state index is -0.521. The van der Waals surface area contributed by atoms with Crippen LogP contribution in [0.5, 0.6) is 0 Å². The molecule has 1 rings (SSSR count). The molecule has 0 spiro atoms. The number of nitrogens with two attached hydrogens (primary N) is 1. The lowest BCUT2D eigenvalue weighted by atomic mass is 10.1. The van der Waals surface area contributed by atoms with Crippen LogP contribution in [0.1, 0.15) is 18.9 Å². The average molecular weight is 305 g/mol. The number of aryl methyl sites for hydroxylation is 1. The number of nitrogens with one attached hydrogen (secondary N) is 1. The highest BCUT2D eigenvalue weighted by molar-refractivity contribution is 7.80. The Kier molecular flexibility index (Phi) is 5.38. The lowest BCUT2D eigenvalue weighted by Crippen LogP contribution is -2.32. The third kappa shape index (κ3) is 3.34. The number of benzene rings is 1. The molecule has 0 aliphatic rings. The van der Waals surface area contributed by atoms with Gasteiger partial charge in [0.05, 0.1) is 26.6 Å². The van der Waals surface area contributed by atoms with Crippen LogP contribution in [0.15, 0.2) is 12.1 Å². The molecule has 3 N–H and O–H groups in total. The molecular weight excluding hydrogens is 291 g/mol. The van der Waals surface area contributed by atoms with Crippen LogP contribution in [0.4, 0.5) is 5.69 Å². The van der Waals surface area contributed by atoms with Crippen molar-refractivity contribution in [2.45, 2.75) is 20.3 Å². The summed E-state index contributed by atoms with van der Waals surface area (Å²) < 4.78 is 0. The molecule has 0 saturated heterocycles. The topological polar surface area (TPSA) is 55.1 Å². The van der Waals surface area contributed by atoms with Crippen molar-refractivity contribution in [2.24, 2.45) is 11.7 Å². The third-order valence-corrected chi connectivity index (χ3v) is 3.69. The molecule has 0 aromatic heterocycles. The molecule has 0 bridgehead atoms. The zero-order valence-corrected chi connectivity index (χ0v) is 12.4. The van der Waals surface area contributed by atoms with E-state index in [1.807, 2.05) is 13.8 Å². The van der Waals surface area contributed by atoms with Gasteiger partial charge in [-0.2, -0.15) is 0 Å². The minimum Gasteiger partial charge on any atom is -0.393 e. The van der Waals surface area contributed by atoms with E-state index in [4.69, 9.17) is 41.2 Å². The molecule has 6 heteroatoms. The molecular formula is C12H14Cl2N2OS. The minimum absolute atomic E-state index is 0.162. The Labute approximate surface area is 122 Å². The van der Waals surface area contributed by atoms with E-state index in [-0.39, 0.29) is 10.9 Å². The molecule has 0 saturated carbocycles. The number of thiocarbonyl (C=S) groups is 1. The standard InChI is InChI=1S/C12H14Cl2N2OS/c1-3-7(11(15)18)12(17)16-10-8(13)5-4-6(2)9(10)14/h4-5,7H,3H2,1-2H3,(H2,15,18)(H,16,17). The number of halogens is 2. The second kappa shape index (κ2) is 6.36. The number of anilines is 1. The van der Waals surface area contributed by atoms with Gasteiger partial charge in [-0.3, -0.25) is 4.79 Å². The van der Waals surface area contributed by atoms with Gasteiger partial charge in [0.25, 0.3) is 0 Å². The molecule has 0 radical (unpaired) electrons. The van der Waals surface area contributed by atoms with Gasteiger partial charge in [-0.05, 0) is 25.0 Å². The van der Waals surface area contributed by atoms with Crippen molar-refractivity contribution in [3.8, 4) is 0 Å². The molecule has 0 aliphatic heterocycles. The molecule has 98 valence electrons. The van der Waals surface area contributed by atoms with E-state index in [1.54, 1.807) is 12.1 Å². The van der Waals surface area contributed by atoms with Crippen LogP contribution in [0, 0.1) is 12.8 Å². The largest absolute Gasteiger partial charge is 0.393 e. The molecule has 1 atom stereocenters. The Morgan fingerprint density at radius 3 is 2.61 bits per heavy atom. The van der Waals surface area contributed by atoms with Crippen LogP contribution in [0.3, 0.4) is 0 Å². The molecule has 1 aromatic carbocycles. The summed E-state index contributed by atoms with van der Waals surface area (Å²) in [5.41, 5.74) is 6.75. The lowest BCUT2D eigenvalue weighted by molar-refractivity contribution is -0.118. The van der Waals surface area contributed by atoms with Gasteiger partial charge in [-0.25, -0.2) is 0 Å². The van der Waals surface area contributed by atoms with E-state index in [0.29, 0.717) is 22.2 Å². The number of carbonyl (C=O) groups excluding carboxylic acids is 1. The van der Waals surface area contributed by atoms with Gasteiger partial charge >= 0.3 is 0 Å².